The van der Waals surface area contributed by atoms with E-state index in [2.05, 4.69) is 9.97 Å². The first-order chi connectivity index (χ1) is 8.74. The summed E-state index contributed by atoms with van der Waals surface area (Å²) in [5, 5.41) is 1.08. The first-order valence-electron chi connectivity index (χ1n) is 6.01. The highest BCUT2D eigenvalue weighted by atomic mass is 35.5. The van der Waals surface area contributed by atoms with Crippen LogP contribution in [0.2, 0.25) is 5.02 Å². The molecular formula is C13H13ClN2O2. The van der Waals surface area contributed by atoms with E-state index in [9.17, 15) is 4.79 Å². The lowest BCUT2D eigenvalue weighted by atomic mass is 10.0. The highest BCUT2D eigenvalue weighted by Gasteiger charge is 2.19. The monoisotopic (exact) mass is 264 g/mol. The van der Waals surface area contributed by atoms with Crippen LogP contribution in [0.1, 0.15) is 24.6 Å². The molecule has 1 aromatic heterocycles. The van der Waals surface area contributed by atoms with Gasteiger partial charge in [0.1, 0.15) is 5.82 Å². The van der Waals surface area contributed by atoms with Gasteiger partial charge in [0.25, 0.3) is 5.56 Å². The zero-order valence-corrected chi connectivity index (χ0v) is 10.5. The number of aromatic nitrogens is 2. The molecule has 18 heavy (non-hydrogen) atoms. The van der Waals surface area contributed by atoms with E-state index in [1.807, 2.05) is 0 Å². The fraction of sp³-hybridized carbons (Fsp3) is 0.385. The van der Waals surface area contributed by atoms with Gasteiger partial charge in [0.05, 0.1) is 17.5 Å². The molecule has 94 valence electrons. The molecule has 0 radical (unpaired) electrons. The number of rotatable bonds is 1. The normalized spacial score (nSPS) is 20.2. The summed E-state index contributed by atoms with van der Waals surface area (Å²) in [6.07, 6.45) is 2.01. The number of benzene rings is 1. The Balaban J connectivity index is 2.09. The molecular weight excluding hydrogens is 252 g/mol. The molecule has 5 heteroatoms. The topological polar surface area (TPSA) is 55.0 Å². The second kappa shape index (κ2) is 4.71. The number of nitrogens with one attached hydrogen (secondary N) is 1. The molecule has 1 unspecified atom stereocenters. The molecule has 1 N–H and O–H groups in total. The van der Waals surface area contributed by atoms with Crippen LogP contribution in [0.5, 0.6) is 0 Å². The molecule has 4 nitrogen and oxygen atoms in total. The van der Waals surface area contributed by atoms with E-state index in [1.165, 1.54) is 0 Å². The highest BCUT2D eigenvalue weighted by Crippen LogP contribution is 2.23. The van der Waals surface area contributed by atoms with Crippen LogP contribution in [0.4, 0.5) is 0 Å². The zero-order valence-electron chi connectivity index (χ0n) is 9.78. The first kappa shape index (κ1) is 11.7. The molecule has 1 aliphatic rings. The Morgan fingerprint density at radius 3 is 3.11 bits per heavy atom. The number of hydrogen-bond acceptors (Lipinski definition) is 3. The first-order valence-corrected chi connectivity index (χ1v) is 6.39. The van der Waals surface area contributed by atoms with Crippen molar-refractivity contribution >= 4 is 22.5 Å². The number of H-pyrrole nitrogens is 1. The molecule has 1 saturated heterocycles. The largest absolute Gasteiger partial charge is 0.381 e. The van der Waals surface area contributed by atoms with Crippen molar-refractivity contribution < 1.29 is 4.74 Å². The lowest BCUT2D eigenvalue weighted by molar-refractivity contribution is 0.0781. The van der Waals surface area contributed by atoms with Crippen LogP contribution in [0, 0.1) is 0 Å². The van der Waals surface area contributed by atoms with Crippen molar-refractivity contribution in [2.75, 3.05) is 13.2 Å². The maximum Gasteiger partial charge on any atom is 0.258 e. The van der Waals surface area contributed by atoms with Gasteiger partial charge in [-0.25, -0.2) is 4.98 Å². The third kappa shape index (κ3) is 2.13. The van der Waals surface area contributed by atoms with Gasteiger partial charge in [-0.2, -0.15) is 0 Å². The Labute approximate surface area is 109 Å². The van der Waals surface area contributed by atoms with Gasteiger partial charge >= 0.3 is 0 Å². The van der Waals surface area contributed by atoms with Crippen LogP contribution in [-0.2, 0) is 4.74 Å². The van der Waals surface area contributed by atoms with Crippen LogP contribution in [0.15, 0.2) is 23.0 Å². The second-order valence-electron chi connectivity index (χ2n) is 4.53. The minimum Gasteiger partial charge on any atom is -0.381 e. The summed E-state index contributed by atoms with van der Waals surface area (Å²) >= 11 is 5.88. The van der Waals surface area contributed by atoms with Crippen LogP contribution in [0.25, 0.3) is 10.9 Å². The zero-order chi connectivity index (χ0) is 12.5. The number of aromatic amines is 1. The van der Waals surface area contributed by atoms with E-state index in [0.717, 1.165) is 25.3 Å². The van der Waals surface area contributed by atoms with Crippen molar-refractivity contribution in [2.24, 2.45) is 0 Å². The van der Waals surface area contributed by atoms with Gasteiger partial charge in [-0.1, -0.05) is 11.6 Å². The van der Waals surface area contributed by atoms with E-state index in [-0.39, 0.29) is 11.5 Å². The standard InChI is InChI=1S/C13H13ClN2O2/c14-9-3-4-11-10(6-9)13(17)16-12(15-11)8-2-1-5-18-7-8/h3-4,6,8H,1-2,5,7H2,(H,15,16,17). The lowest BCUT2D eigenvalue weighted by Crippen LogP contribution is -2.21. The number of hydrogen-bond donors (Lipinski definition) is 1. The average molecular weight is 265 g/mol. The Kier molecular flexibility index (Phi) is 3.06. The molecule has 1 fully saturated rings. The Bertz CT molecular complexity index is 632. The molecule has 0 spiro atoms. The van der Waals surface area contributed by atoms with Gasteiger partial charge in [0.15, 0.2) is 0 Å². The number of fused-ring (bicyclic) bond motifs is 1. The van der Waals surface area contributed by atoms with Gasteiger partial charge in [-0.05, 0) is 31.0 Å². The predicted octanol–water partition coefficient (Wildman–Crippen LogP) is 2.47. The molecule has 2 heterocycles. The fourth-order valence-corrected chi connectivity index (χ4v) is 2.45. The smallest absolute Gasteiger partial charge is 0.258 e. The third-order valence-electron chi connectivity index (χ3n) is 3.23. The Hall–Kier alpha value is -1.39. The van der Waals surface area contributed by atoms with Gasteiger partial charge in [0.2, 0.25) is 0 Å². The fourth-order valence-electron chi connectivity index (χ4n) is 2.28. The summed E-state index contributed by atoms with van der Waals surface area (Å²) in [7, 11) is 0. The van der Waals surface area contributed by atoms with Crippen molar-refractivity contribution in [2.45, 2.75) is 18.8 Å². The maximum atomic E-state index is 12.0. The average Bonchev–Trinajstić information content (AvgIpc) is 2.40. The molecule has 2 aromatic rings. The van der Waals surface area contributed by atoms with E-state index in [4.69, 9.17) is 16.3 Å². The van der Waals surface area contributed by atoms with Crippen molar-refractivity contribution in [3.05, 3.63) is 39.4 Å². The minimum absolute atomic E-state index is 0.136. The number of ether oxygens (including phenoxy) is 1. The van der Waals surface area contributed by atoms with Crippen LogP contribution >= 0.6 is 11.6 Å². The molecule has 1 aliphatic heterocycles. The number of halogens is 1. The van der Waals surface area contributed by atoms with Crippen molar-refractivity contribution in [3.8, 4) is 0 Å². The third-order valence-corrected chi connectivity index (χ3v) is 3.47. The summed E-state index contributed by atoms with van der Waals surface area (Å²) < 4.78 is 5.42. The summed E-state index contributed by atoms with van der Waals surface area (Å²) in [6, 6.07) is 5.17. The molecule has 0 amide bonds. The van der Waals surface area contributed by atoms with E-state index >= 15 is 0 Å². The van der Waals surface area contributed by atoms with Crippen molar-refractivity contribution in [1.82, 2.24) is 9.97 Å². The molecule has 1 atom stereocenters. The predicted molar refractivity (Wildman–Crippen MR) is 70.2 cm³/mol. The SMILES string of the molecule is O=c1[nH]c(C2CCCOC2)nc2ccc(Cl)cc12. The van der Waals surface area contributed by atoms with E-state index in [1.54, 1.807) is 18.2 Å². The Morgan fingerprint density at radius 1 is 1.44 bits per heavy atom. The van der Waals surface area contributed by atoms with Crippen LogP contribution in [-0.4, -0.2) is 23.2 Å². The summed E-state index contributed by atoms with van der Waals surface area (Å²) in [5.41, 5.74) is 0.548. The van der Waals surface area contributed by atoms with Crippen LogP contribution in [0.3, 0.4) is 0 Å². The van der Waals surface area contributed by atoms with Gasteiger partial charge in [-0.3, -0.25) is 4.79 Å². The van der Waals surface area contributed by atoms with Crippen LogP contribution < -0.4 is 5.56 Å². The minimum atomic E-state index is -0.136. The summed E-state index contributed by atoms with van der Waals surface area (Å²) in [4.78, 5) is 19.3. The maximum absolute atomic E-state index is 12.0. The van der Waals surface area contributed by atoms with Gasteiger partial charge in [0, 0.05) is 17.5 Å². The summed E-state index contributed by atoms with van der Waals surface area (Å²) in [6.45, 7) is 1.42. The van der Waals surface area contributed by atoms with E-state index in [0.29, 0.717) is 22.5 Å². The van der Waals surface area contributed by atoms with Gasteiger partial charge in [-0.15, -0.1) is 0 Å². The lowest BCUT2D eigenvalue weighted by Gasteiger charge is -2.21. The molecule has 0 aliphatic carbocycles. The second-order valence-corrected chi connectivity index (χ2v) is 4.96. The molecule has 1 aromatic carbocycles. The molecule has 0 saturated carbocycles. The Morgan fingerprint density at radius 2 is 2.33 bits per heavy atom. The summed E-state index contributed by atoms with van der Waals surface area (Å²) in [5.74, 6) is 0.904. The molecule has 0 bridgehead atoms. The quantitative estimate of drug-likeness (QED) is 0.861. The van der Waals surface area contributed by atoms with Gasteiger partial charge < -0.3 is 9.72 Å². The van der Waals surface area contributed by atoms with Crippen molar-refractivity contribution in [1.29, 1.82) is 0 Å². The van der Waals surface area contributed by atoms with E-state index < -0.39 is 0 Å². The number of nitrogens with zero attached hydrogens (tertiary/aromatic N) is 1. The highest BCUT2D eigenvalue weighted by molar-refractivity contribution is 6.31. The van der Waals surface area contributed by atoms with Crippen molar-refractivity contribution in [3.63, 3.8) is 0 Å². The molecule has 3 rings (SSSR count).